The van der Waals surface area contributed by atoms with Crippen LogP contribution in [0.25, 0.3) is 60.2 Å². The van der Waals surface area contributed by atoms with E-state index in [4.69, 9.17) is 4.42 Å². The van der Waals surface area contributed by atoms with Gasteiger partial charge in [0, 0.05) is 38.6 Å². The molecule has 3 heteroatoms. The monoisotopic (exact) mass is 550 g/mol. The molecule has 0 aliphatic heterocycles. The van der Waals surface area contributed by atoms with Gasteiger partial charge in [-0.25, -0.2) is 0 Å². The molecule has 0 saturated carbocycles. The van der Waals surface area contributed by atoms with Gasteiger partial charge in [0.1, 0.15) is 11.2 Å². The van der Waals surface area contributed by atoms with Crippen LogP contribution in [0.5, 0.6) is 0 Å². The van der Waals surface area contributed by atoms with Crippen LogP contribution in [0.3, 0.4) is 0 Å². The second-order valence-corrected chi connectivity index (χ2v) is 11.0. The van der Waals surface area contributed by atoms with E-state index in [-0.39, 0.29) is 0 Å². The van der Waals surface area contributed by atoms with Crippen LogP contribution in [0.4, 0.5) is 17.1 Å². The first kappa shape index (κ1) is 23.9. The lowest BCUT2D eigenvalue weighted by atomic mass is 10.1. The van der Waals surface area contributed by atoms with Gasteiger partial charge in [0.05, 0.1) is 16.7 Å². The zero-order chi connectivity index (χ0) is 28.3. The van der Waals surface area contributed by atoms with Crippen molar-refractivity contribution in [2.24, 2.45) is 0 Å². The van der Waals surface area contributed by atoms with Crippen LogP contribution in [0.15, 0.2) is 162 Å². The summed E-state index contributed by atoms with van der Waals surface area (Å²) in [5.74, 6) is 0. The number of hydrogen-bond donors (Lipinski definition) is 0. The quantitative estimate of drug-likeness (QED) is 0.217. The highest BCUT2D eigenvalue weighted by Gasteiger charge is 2.22. The Bertz CT molecular complexity index is 2450. The summed E-state index contributed by atoms with van der Waals surface area (Å²) in [7, 11) is 0. The zero-order valence-corrected chi connectivity index (χ0v) is 23.3. The molecule has 2 aromatic heterocycles. The third kappa shape index (κ3) is 3.68. The van der Waals surface area contributed by atoms with E-state index in [0.29, 0.717) is 0 Å². The molecule has 0 unspecified atom stereocenters. The van der Waals surface area contributed by atoms with Gasteiger partial charge in [0.25, 0.3) is 0 Å². The molecule has 0 saturated heterocycles. The highest BCUT2D eigenvalue weighted by molar-refractivity contribution is 6.15. The third-order valence-electron chi connectivity index (χ3n) is 8.52. The summed E-state index contributed by atoms with van der Waals surface area (Å²) < 4.78 is 8.77. The molecule has 202 valence electrons. The van der Waals surface area contributed by atoms with Crippen molar-refractivity contribution in [2.75, 3.05) is 4.90 Å². The lowest BCUT2D eigenvalue weighted by Crippen LogP contribution is -2.11. The Balaban J connectivity index is 1.36. The molecule has 3 nitrogen and oxygen atoms in total. The van der Waals surface area contributed by atoms with Crippen LogP contribution in [-0.4, -0.2) is 4.57 Å². The first-order valence-corrected chi connectivity index (χ1v) is 14.6. The Kier molecular flexibility index (Phi) is 5.20. The summed E-state index contributed by atoms with van der Waals surface area (Å²) in [6, 6.07) is 56.0. The number of furan rings is 1. The van der Waals surface area contributed by atoms with E-state index < -0.39 is 0 Å². The van der Waals surface area contributed by atoms with Gasteiger partial charge in [0.2, 0.25) is 0 Å². The molecular formula is C40H26N2O. The minimum Gasteiger partial charge on any atom is -0.456 e. The molecule has 0 radical (unpaired) electrons. The second kappa shape index (κ2) is 9.37. The fraction of sp³-hybridized carbons (Fsp3) is 0. The van der Waals surface area contributed by atoms with Crippen molar-refractivity contribution in [3.05, 3.63) is 158 Å². The summed E-state index contributed by atoms with van der Waals surface area (Å²) in [6.07, 6.45) is 0. The summed E-state index contributed by atoms with van der Waals surface area (Å²) in [6.45, 7) is 0. The molecule has 0 atom stereocenters. The van der Waals surface area contributed by atoms with Gasteiger partial charge in [-0.15, -0.1) is 0 Å². The first-order chi connectivity index (χ1) is 21.3. The van der Waals surface area contributed by atoms with E-state index in [9.17, 15) is 0 Å². The van der Waals surface area contributed by atoms with Crippen LogP contribution in [0.2, 0.25) is 0 Å². The summed E-state index contributed by atoms with van der Waals surface area (Å²) in [5, 5.41) is 7.08. The van der Waals surface area contributed by atoms with Gasteiger partial charge in [-0.1, -0.05) is 91.0 Å². The average Bonchev–Trinajstić information content (AvgIpc) is 3.60. The molecule has 7 aromatic carbocycles. The molecular weight excluding hydrogens is 524 g/mol. The first-order valence-electron chi connectivity index (χ1n) is 14.6. The maximum atomic E-state index is 6.37. The van der Waals surface area contributed by atoms with Gasteiger partial charge < -0.3 is 13.9 Å². The minimum atomic E-state index is 0.888. The second-order valence-electron chi connectivity index (χ2n) is 11.0. The van der Waals surface area contributed by atoms with Gasteiger partial charge in [0.15, 0.2) is 0 Å². The molecule has 0 aliphatic carbocycles. The fourth-order valence-corrected chi connectivity index (χ4v) is 6.62. The number of fused-ring (bicyclic) bond motifs is 7. The van der Waals surface area contributed by atoms with Crippen molar-refractivity contribution in [3.8, 4) is 5.69 Å². The van der Waals surface area contributed by atoms with E-state index >= 15 is 0 Å². The Labute approximate surface area is 248 Å². The molecule has 9 rings (SSSR count). The normalized spacial score (nSPS) is 11.7. The summed E-state index contributed by atoms with van der Waals surface area (Å²) in [4.78, 5) is 2.37. The van der Waals surface area contributed by atoms with Crippen LogP contribution >= 0.6 is 0 Å². The highest BCUT2D eigenvalue weighted by Crippen LogP contribution is 2.44. The van der Waals surface area contributed by atoms with Crippen molar-refractivity contribution in [2.45, 2.75) is 0 Å². The van der Waals surface area contributed by atoms with E-state index in [1.807, 2.05) is 0 Å². The number of hydrogen-bond acceptors (Lipinski definition) is 2. The van der Waals surface area contributed by atoms with Crippen LogP contribution in [0, 0.1) is 0 Å². The molecule has 0 aliphatic rings. The Hall–Kier alpha value is -5.80. The maximum absolute atomic E-state index is 6.37. The van der Waals surface area contributed by atoms with Crippen molar-refractivity contribution >= 4 is 71.6 Å². The van der Waals surface area contributed by atoms with Crippen molar-refractivity contribution in [3.63, 3.8) is 0 Å². The molecule has 0 N–H and O–H groups in total. The third-order valence-corrected chi connectivity index (χ3v) is 8.52. The molecule has 2 heterocycles. The smallest absolute Gasteiger partial charge is 0.136 e. The Morgan fingerprint density at radius 3 is 1.95 bits per heavy atom. The van der Waals surface area contributed by atoms with E-state index in [0.717, 1.165) is 44.7 Å². The van der Waals surface area contributed by atoms with Gasteiger partial charge in [-0.2, -0.15) is 0 Å². The lowest BCUT2D eigenvalue weighted by Gasteiger charge is -2.27. The van der Waals surface area contributed by atoms with E-state index in [2.05, 4.69) is 167 Å². The molecule has 0 fully saturated rings. The van der Waals surface area contributed by atoms with Crippen LogP contribution in [0.1, 0.15) is 0 Å². The zero-order valence-electron chi connectivity index (χ0n) is 23.3. The number of anilines is 3. The minimum absolute atomic E-state index is 0.888. The lowest BCUT2D eigenvalue weighted by molar-refractivity contribution is 0.669. The van der Waals surface area contributed by atoms with Gasteiger partial charge in [-0.05, 0) is 77.5 Å². The Morgan fingerprint density at radius 2 is 1.12 bits per heavy atom. The van der Waals surface area contributed by atoms with Crippen molar-refractivity contribution in [1.29, 1.82) is 0 Å². The number of aromatic nitrogens is 1. The number of nitrogens with zero attached hydrogens (tertiary/aromatic N) is 2. The molecule has 0 bridgehead atoms. The maximum Gasteiger partial charge on any atom is 0.136 e. The SMILES string of the molecule is c1ccc(N(c2ccc3oc4cc5ccccc5cc4c3c2)c2cccc3c4ccccc4n(-c4ccccc4)c23)cc1. The predicted molar refractivity (Wildman–Crippen MR) is 180 cm³/mol. The Morgan fingerprint density at radius 1 is 0.442 bits per heavy atom. The van der Waals surface area contributed by atoms with Crippen LogP contribution in [-0.2, 0) is 0 Å². The average molecular weight is 551 g/mol. The summed E-state index contributed by atoms with van der Waals surface area (Å²) in [5.41, 5.74) is 8.57. The molecule has 43 heavy (non-hydrogen) atoms. The van der Waals surface area contributed by atoms with Gasteiger partial charge >= 0.3 is 0 Å². The standard InChI is InChI=1S/C40H26N2O/c1-3-14-29(15-4-1)41(31-22-23-38-35(26-31)34-24-27-12-7-8-13-28(27)25-39(34)43-38)37-21-11-19-33-32-18-9-10-20-36(32)42(40(33)37)30-16-5-2-6-17-30/h1-26H. The van der Waals surface area contributed by atoms with Gasteiger partial charge in [-0.3, -0.25) is 0 Å². The number of para-hydroxylation sites is 4. The predicted octanol–water partition coefficient (Wildman–Crippen LogP) is 11.3. The van der Waals surface area contributed by atoms with Crippen molar-refractivity contribution < 1.29 is 4.42 Å². The fourth-order valence-electron chi connectivity index (χ4n) is 6.62. The number of rotatable bonds is 4. The summed E-state index contributed by atoms with van der Waals surface area (Å²) >= 11 is 0. The molecule has 0 spiro atoms. The van der Waals surface area contributed by atoms with E-state index in [1.165, 1.54) is 32.6 Å². The largest absolute Gasteiger partial charge is 0.456 e. The topological polar surface area (TPSA) is 21.3 Å². The van der Waals surface area contributed by atoms with Crippen LogP contribution < -0.4 is 4.90 Å². The van der Waals surface area contributed by atoms with Crippen molar-refractivity contribution in [1.82, 2.24) is 4.57 Å². The number of benzene rings is 7. The molecule has 9 aromatic rings. The van der Waals surface area contributed by atoms with E-state index in [1.54, 1.807) is 0 Å². The molecule has 0 amide bonds. The highest BCUT2D eigenvalue weighted by atomic mass is 16.3.